The van der Waals surface area contributed by atoms with Crippen LogP contribution in [0.4, 0.5) is 5.69 Å². The predicted molar refractivity (Wildman–Crippen MR) is 108 cm³/mol. The fourth-order valence-corrected chi connectivity index (χ4v) is 3.50. The largest absolute Gasteiger partial charge is 0.468 e. The molecule has 5 heteroatoms. The average Bonchev–Trinajstić information content (AvgIpc) is 2.65. The van der Waals surface area contributed by atoms with Crippen molar-refractivity contribution < 1.29 is 9.53 Å². The van der Waals surface area contributed by atoms with Gasteiger partial charge in [-0.3, -0.25) is 14.8 Å². The van der Waals surface area contributed by atoms with Gasteiger partial charge in [0.1, 0.15) is 5.92 Å². The highest BCUT2D eigenvalue weighted by Gasteiger charge is 2.26. The summed E-state index contributed by atoms with van der Waals surface area (Å²) in [6.07, 6.45) is 1.76. The van der Waals surface area contributed by atoms with Crippen molar-refractivity contribution in [3.63, 3.8) is 0 Å². The third-order valence-corrected chi connectivity index (χ3v) is 5.04. The minimum Gasteiger partial charge on any atom is -0.468 e. The van der Waals surface area contributed by atoms with E-state index in [1.165, 1.54) is 7.11 Å². The molecule has 0 saturated heterocycles. The van der Waals surface area contributed by atoms with E-state index in [4.69, 9.17) is 9.73 Å². The van der Waals surface area contributed by atoms with E-state index in [9.17, 15) is 4.79 Å². The number of aromatic nitrogens is 1. The Kier molecular flexibility index (Phi) is 5.47. The summed E-state index contributed by atoms with van der Waals surface area (Å²) in [5.41, 5.74) is 4.23. The second kappa shape index (κ2) is 7.79. The van der Waals surface area contributed by atoms with Gasteiger partial charge >= 0.3 is 5.97 Å². The summed E-state index contributed by atoms with van der Waals surface area (Å²) >= 11 is 3.53. The number of benzene rings is 2. The summed E-state index contributed by atoms with van der Waals surface area (Å²) in [5, 5.41) is 0.961. The van der Waals surface area contributed by atoms with Crippen LogP contribution in [0.2, 0.25) is 0 Å². The van der Waals surface area contributed by atoms with E-state index in [0.29, 0.717) is 5.71 Å². The normalized spacial score (nSPS) is 12.8. The summed E-state index contributed by atoms with van der Waals surface area (Å²) in [6.45, 7) is 3.86. The number of aryl methyl sites for hydroxylation is 1. The van der Waals surface area contributed by atoms with E-state index < -0.39 is 5.92 Å². The number of methoxy groups -OCH3 is 1. The Morgan fingerprint density at radius 3 is 2.65 bits per heavy atom. The first-order valence-corrected chi connectivity index (χ1v) is 9.04. The molecule has 0 amide bonds. The zero-order chi connectivity index (χ0) is 18.7. The molecule has 0 N–H and O–H groups in total. The van der Waals surface area contributed by atoms with Crippen molar-refractivity contribution >= 4 is 44.2 Å². The number of carbonyl (C=O) groups excluding carboxylic acids is 1. The van der Waals surface area contributed by atoms with Crippen LogP contribution in [0.15, 0.2) is 64.2 Å². The van der Waals surface area contributed by atoms with Crippen LogP contribution in [0, 0.1) is 6.92 Å². The SMILES string of the molecule is COC(=O)C(C(C)=Nc1c(C)ccc2ncccc12)c1ccccc1Br. The number of hydrogen-bond acceptors (Lipinski definition) is 4. The van der Waals surface area contributed by atoms with Gasteiger partial charge in [-0.1, -0.05) is 40.2 Å². The number of nitrogens with zero attached hydrogens (tertiary/aromatic N) is 2. The third kappa shape index (κ3) is 3.53. The lowest BCUT2D eigenvalue weighted by Crippen LogP contribution is -2.21. The minimum absolute atomic E-state index is 0.339. The van der Waals surface area contributed by atoms with Crippen molar-refractivity contribution in [1.29, 1.82) is 0 Å². The molecule has 0 aliphatic carbocycles. The summed E-state index contributed by atoms with van der Waals surface area (Å²) in [5.74, 6) is -0.920. The highest BCUT2D eigenvalue weighted by atomic mass is 79.9. The van der Waals surface area contributed by atoms with E-state index in [-0.39, 0.29) is 5.97 Å². The highest BCUT2D eigenvalue weighted by Crippen LogP contribution is 2.32. The Morgan fingerprint density at radius 2 is 1.92 bits per heavy atom. The Balaban J connectivity index is 2.17. The molecule has 1 aromatic heterocycles. The van der Waals surface area contributed by atoms with Crippen LogP contribution in [0.1, 0.15) is 24.0 Å². The molecule has 0 spiro atoms. The molecule has 0 bridgehead atoms. The van der Waals surface area contributed by atoms with Crippen LogP contribution in [0.5, 0.6) is 0 Å². The van der Waals surface area contributed by atoms with Crippen LogP contribution < -0.4 is 0 Å². The van der Waals surface area contributed by atoms with Gasteiger partial charge < -0.3 is 4.74 Å². The van der Waals surface area contributed by atoms with Gasteiger partial charge in [-0.25, -0.2) is 0 Å². The fourth-order valence-electron chi connectivity index (χ4n) is 2.98. The molecule has 3 rings (SSSR count). The summed E-state index contributed by atoms with van der Waals surface area (Å²) < 4.78 is 5.89. The number of aliphatic imine (C=N–C) groups is 1. The fraction of sp³-hybridized carbons (Fsp3) is 0.190. The maximum atomic E-state index is 12.5. The second-order valence-electron chi connectivity index (χ2n) is 6.03. The molecule has 1 unspecified atom stereocenters. The Labute approximate surface area is 161 Å². The number of pyridine rings is 1. The molecule has 132 valence electrons. The standard InChI is InChI=1S/C21H19BrN2O2/c1-13-10-11-18-16(8-6-12-23-18)20(13)24-14(2)19(21(25)26-3)15-7-4-5-9-17(15)22/h4-12,19H,1-3H3. The van der Waals surface area contributed by atoms with Crippen LogP contribution in [-0.4, -0.2) is 23.8 Å². The number of ether oxygens (including phenoxy) is 1. The molecule has 0 aliphatic rings. The molecular formula is C21H19BrN2O2. The lowest BCUT2D eigenvalue weighted by atomic mass is 9.94. The maximum Gasteiger partial charge on any atom is 0.318 e. The molecule has 3 aromatic rings. The average molecular weight is 411 g/mol. The molecule has 1 atom stereocenters. The number of esters is 1. The zero-order valence-electron chi connectivity index (χ0n) is 14.9. The lowest BCUT2D eigenvalue weighted by molar-refractivity contribution is -0.140. The molecule has 0 radical (unpaired) electrons. The monoisotopic (exact) mass is 410 g/mol. The van der Waals surface area contributed by atoms with Crippen molar-refractivity contribution in [2.75, 3.05) is 7.11 Å². The maximum absolute atomic E-state index is 12.5. The Bertz CT molecular complexity index is 998. The first-order chi connectivity index (χ1) is 12.5. The third-order valence-electron chi connectivity index (χ3n) is 4.32. The van der Waals surface area contributed by atoms with Gasteiger partial charge in [0.25, 0.3) is 0 Å². The number of rotatable bonds is 4. The van der Waals surface area contributed by atoms with E-state index in [1.54, 1.807) is 6.20 Å². The van der Waals surface area contributed by atoms with E-state index >= 15 is 0 Å². The van der Waals surface area contributed by atoms with Gasteiger partial charge in [-0.15, -0.1) is 0 Å². The Hall–Kier alpha value is -2.53. The quantitative estimate of drug-likeness (QED) is 0.429. The lowest BCUT2D eigenvalue weighted by Gasteiger charge is -2.17. The van der Waals surface area contributed by atoms with E-state index in [2.05, 4.69) is 20.9 Å². The predicted octanol–water partition coefficient (Wildman–Crippen LogP) is 5.35. The first-order valence-electron chi connectivity index (χ1n) is 8.24. The number of carbonyl (C=O) groups is 1. The highest BCUT2D eigenvalue weighted by molar-refractivity contribution is 9.10. The summed E-state index contributed by atoms with van der Waals surface area (Å²) in [4.78, 5) is 21.7. The smallest absolute Gasteiger partial charge is 0.318 e. The van der Waals surface area contributed by atoms with E-state index in [0.717, 1.165) is 32.2 Å². The molecule has 26 heavy (non-hydrogen) atoms. The van der Waals surface area contributed by atoms with Gasteiger partial charge in [-0.2, -0.15) is 0 Å². The van der Waals surface area contributed by atoms with Crippen LogP contribution >= 0.6 is 15.9 Å². The molecule has 2 aromatic carbocycles. The molecule has 0 fully saturated rings. The van der Waals surface area contributed by atoms with Gasteiger partial charge in [0, 0.05) is 21.8 Å². The zero-order valence-corrected chi connectivity index (χ0v) is 16.4. The number of hydrogen-bond donors (Lipinski definition) is 0. The van der Waals surface area contributed by atoms with Crippen molar-refractivity contribution in [3.8, 4) is 0 Å². The van der Waals surface area contributed by atoms with Gasteiger partial charge in [0.2, 0.25) is 0 Å². The molecule has 0 saturated carbocycles. The summed E-state index contributed by atoms with van der Waals surface area (Å²) in [6, 6.07) is 15.5. The van der Waals surface area contributed by atoms with Crippen molar-refractivity contribution in [3.05, 3.63) is 70.3 Å². The van der Waals surface area contributed by atoms with Crippen molar-refractivity contribution in [1.82, 2.24) is 4.98 Å². The van der Waals surface area contributed by atoms with E-state index in [1.807, 2.05) is 62.4 Å². The second-order valence-corrected chi connectivity index (χ2v) is 6.89. The van der Waals surface area contributed by atoms with Crippen molar-refractivity contribution in [2.45, 2.75) is 19.8 Å². The van der Waals surface area contributed by atoms with Gasteiger partial charge in [-0.05, 0) is 49.2 Å². The first kappa shape index (κ1) is 18.3. The van der Waals surface area contributed by atoms with Gasteiger partial charge in [0.15, 0.2) is 0 Å². The van der Waals surface area contributed by atoms with Gasteiger partial charge in [0.05, 0.1) is 18.3 Å². The van der Waals surface area contributed by atoms with Crippen molar-refractivity contribution in [2.24, 2.45) is 4.99 Å². The number of halogens is 1. The summed E-state index contributed by atoms with van der Waals surface area (Å²) in [7, 11) is 1.40. The van der Waals surface area contributed by atoms with Crippen LogP contribution in [0.25, 0.3) is 10.9 Å². The van der Waals surface area contributed by atoms with Crippen LogP contribution in [0.3, 0.4) is 0 Å². The Morgan fingerprint density at radius 1 is 1.15 bits per heavy atom. The molecular weight excluding hydrogens is 392 g/mol. The minimum atomic E-state index is -0.582. The molecule has 4 nitrogen and oxygen atoms in total. The topological polar surface area (TPSA) is 51.5 Å². The molecule has 1 heterocycles. The molecule has 0 aliphatic heterocycles. The van der Waals surface area contributed by atoms with Crippen LogP contribution in [-0.2, 0) is 9.53 Å². The number of fused-ring (bicyclic) bond motifs is 1.